The number of carbonyl (C=O) groups is 2. The van der Waals surface area contributed by atoms with Gasteiger partial charge in [-0.2, -0.15) is 0 Å². The van der Waals surface area contributed by atoms with E-state index in [2.05, 4.69) is 0 Å². The van der Waals surface area contributed by atoms with E-state index in [1.165, 1.54) is 0 Å². The van der Waals surface area contributed by atoms with E-state index in [4.69, 9.17) is 14.2 Å². The molecular weight excluding hydrogens is 334 g/mol. The van der Waals surface area contributed by atoms with Crippen LogP contribution in [0.25, 0.3) is 0 Å². The molecule has 0 saturated carbocycles. The largest absolute Gasteiger partial charge is 0.494 e. The summed E-state index contributed by atoms with van der Waals surface area (Å²) in [5.41, 5.74) is -0.498. The predicted molar refractivity (Wildman–Crippen MR) is 98.1 cm³/mol. The van der Waals surface area contributed by atoms with Gasteiger partial charge >= 0.3 is 12.1 Å². The second-order valence-electron chi connectivity index (χ2n) is 7.42. The summed E-state index contributed by atoms with van der Waals surface area (Å²) in [4.78, 5) is 25.6. The van der Waals surface area contributed by atoms with Crippen LogP contribution in [0.4, 0.5) is 4.79 Å². The minimum atomic E-state index is -0.498. The summed E-state index contributed by atoms with van der Waals surface area (Å²) in [6.45, 7) is 7.12. The molecule has 26 heavy (non-hydrogen) atoms. The van der Waals surface area contributed by atoms with E-state index in [9.17, 15) is 9.59 Å². The topological polar surface area (TPSA) is 65.1 Å². The summed E-state index contributed by atoms with van der Waals surface area (Å²) in [7, 11) is 0. The number of piperidine rings is 1. The zero-order valence-electron chi connectivity index (χ0n) is 15.9. The minimum absolute atomic E-state index is 0.128. The normalized spacial score (nSPS) is 15.4. The van der Waals surface area contributed by atoms with Crippen LogP contribution in [0.5, 0.6) is 5.75 Å². The van der Waals surface area contributed by atoms with E-state index in [1.54, 1.807) is 4.90 Å². The van der Waals surface area contributed by atoms with Gasteiger partial charge in [-0.05, 0) is 39.3 Å². The summed E-state index contributed by atoms with van der Waals surface area (Å²) >= 11 is 0. The lowest BCUT2D eigenvalue weighted by molar-refractivity contribution is -0.151. The van der Waals surface area contributed by atoms with Crippen molar-refractivity contribution in [1.29, 1.82) is 0 Å². The maximum atomic E-state index is 12.0. The molecule has 0 spiro atoms. The highest BCUT2D eigenvalue weighted by Gasteiger charge is 2.28. The summed E-state index contributed by atoms with van der Waals surface area (Å²) in [6, 6.07) is 9.52. The van der Waals surface area contributed by atoms with Crippen LogP contribution in [-0.4, -0.2) is 48.4 Å². The highest BCUT2D eigenvalue weighted by Crippen LogP contribution is 2.18. The third-order valence-corrected chi connectivity index (χ3v) is 3.93. The lowest BCUT2D eigenvalue weighted by Gasteiger charge is -2.33. The van der Waals surface area contributed by atoms with Gasteiger partial charge in [-0.25, -0.2) is 4.79 Å². The number of hydrogen-bond donors (Lipinski definition) is 0. The van der Waals surface area contributed by atoms with Crippen molar-refractivity contribution in [2.24, 2.45) is 0 Å². The number of para-hydroxylation sites is 1. The fourth-order valence-corrected chi connectivity index (χ4v) is 2.65. The Balaban J connectivity index is 1.60. The lowest BCUT2D eigenvalue weighted by Crippen LogP contribution is -2.43. The molecule has 1 heterocycles. The van der Waals surface area contributed by atoms with Crippen LogP contribution in [-0.2, 0) is 14.3 Å². The first-order chi connectivity index (χ1) is 12.3. The molecular formula is C20H29NO5. The quantitative estimate of drug-likeness (QED) is 0.568. The van der Waals surface area contributed by atoms with E-state index >= 15 is 0 Å². The van der Waals surface area contributed by atoms with Crippen molar-refractivity contribution in [3.8, 4) is 5.75 Å². The molecule has 0 atom stereocenters. The number of amides is 1. The summed E-state index contributed by atoms with van der Waals surface area (Å²) in [5.74, 6) is 0.591. The molecule has 1 aromatic rings. The van der Waals surface area contributed by atoms with Crippen molar-refractivity contribution >= 4 is 12.1 Å². The Bertz CT molecular complexity index is 574. The maximum absolute atomic E-state index is 12.0. The van der Waals surface area contributed by atoms with E-state index < -0.39 is 5.60 Å². The smallest absolute Gasteiger partial charge is 0.410 e. The van der Waals surface area contributed by atoms with Gasteiger partial charge in [0.1, 0.15) is 17.5 Å². The number of esters is 1. The van der Waals surface area contributed by atoms with Gasteiger partial charge in [0.05, 0.1) is 6.61 Å². The Morgan fingerprint density at radius 3 is 2.38 bits per heavy atom. The summed E-state index contributed by atoms with van der Waals surface area (Å²) in [6.07, 6.45) is 1.80. The average molecular weight is 363 g/mol. The fourth-order valence-electron chi connectivity index (χ4n) is 2.65. The lowest BCUT2D eigenvalue weighted by atomic mass is 10.1. The molecule has 1 saturated heterocycles. The second kappa shape index (κ2) is 9.46. The van der Waals surface area contributed by atoms with Gasteiger partial charge in [0.25, 0.3) is 0 Å². The van der Waals surface area contributed by atoms with Crippen LogP contribution in [0, 0.1) is 0 Å². The Morgan fingerprint density at radius 1 is 1.12 bits per heavy atom. The van der Waals surface area contributed by atoms with Crippen LogP contribution < -0.4 is 4.74 Å². The molecule has 0 unspecified atom stereocenters. The van der Waals surface area contributed by atoms with Gasteiger partial charge in [0, 0.05) is 32.4 Å². The Hall–Kier alpha value is -2.24. The number of hydrogen-bond acceptors (Lipinski definition) is 5. The molecule has 0 N–H and O–H groups in total. The van der Waals surface area contributed by atoms with Gasteiger partial charge in [-0.1, -0.05) is 18.2 Å². The average Bonchev–Trinajstić information content (AvgIpc) is 2.59. The van der Waals surface area contributed by atoms with Gasteiger partial charge < -0.3 is 19.1 Å². The van der Waals surface area contributed by atoms with E-state index in [0.29, 0.717) is 45.4 Å². The molecule has 0 aliphatic carbocycles. The number of rotatable bonds is 6. The third-order valence-electron chi connectivity index (χ3n) is 3.93. The van der Waals surface area contributed by atoms with Crippen molar-refractivity contribution in [2.45, 2.75) is 58.2 Å². The van der Waals surface area contributed by atoms with E-state index in [1.807, 2.05) is 51.1 Å². The molecule has 0 aromatic heterocycles. The third kappa shape index (κ3) is 7.33. The number of nitrogens with zero attached hydrogens (tertiary/aromatic N) is 1. The first-order valence-electron chi connectivity index (χ1n) is 9.19. The molecule has 6 nitrogen and oxygen atoms in total. The highest BCUT2D eigenvalue weighted by molar-refractivity contribution is 5.70. The van der Waals surface area contributed by atoms with Crippen molar-refractivity contribution in [3.05, 3.63) is 30.3 Å². The summed E-state index contributed by atoms with van der Waals surface area (Å²) < 4.78 is 16.4. The zero-order chi connectivity index (χ0) is 19.0. The Morgan fingerprint density at radius 2 is 1.77 bits per heavy atom. The van der Waals surface area contributed by atoms with Gasteiger partial charge in [0.15, 0.2) is 0 Å². The molecule has 1 aromatic carbocycles. The SMILES string of the molecule is CC(C)(C)OC(=O)N1CCC(OC(=O)CCCOc2ccccc2)CC1. The van der Waals surface area contributed by atoms with Gasteiger partial charge in [0.2, 0.25) is 0 Å². The number of ether oxygens (including phenoxy) is 3. The number of likely N-dealkylation sites (tertiary alicyclic amines) is 1. The highest BCUT2D eigenvalue weighted by atomic mass is 16.6. The molecule has 1 amide bonds. The molecule has 1 aliphatic heterocycles. The van der Waals surface area contributed by atoms with Crippen molar-refractivity contribution in [1.82, 2.24) is 4.90 Å². The van der Waals surface area contributed by atoms with Crippen LogP contribution >= 0.6 is 0 Å². The monoisotopic (exact) mass is 363 g/mol. The van der Waals surface area contributed by atoms with Crippen molar-refractivity contribution in [3.63, 3.8) is 0 Å². The predicted octanol–water partition coefficient (Wildman–Crippen LogP) is 3.79. The zero-order valence-corrected chi connectivity index (χ0v) is 15.9. The number of carbonyl (C=O) groups excluding carboxylic acids is 2. The van der Waals surface area contributed by atoms with E-state index in [-0.39, 0.29) is 18.2 Å². The first-order valence-corrected chi connectivity index (χ1v) is 9.19. The standard InChI is InChI=1S/C20H29NO5/c1-20(2,3)26-19(23)21-13-11-17(12-14-21)25-18(22)10-7-15-24-16-8-5-4-6-9-16/h4-6,8-9,17H,7,10-15H2,1-3H3. The molecule has 1 aliphatic rings. The van der Waals surface area contributed by atoms with E-state index in [0.717, 1.165) is 5.75 Å². The number of benzene rings is 1. The van der Waals surface area contributed by atoms with Crippen LogP contribution in [0.1, 0.15) is 46.5 Å². The minimum Gasteiger partial charge on any atom is -0.494 e. The molecule has 0 radical (unpaired) electrons. The van der Waals surface area contributed by atoms with Gasteiger partial charge in [-0.15, -0.1) is 0 Å². The fraction of sp³-hybridized carbons (Fsp3) is 0.600. The van der Waals surface area contributed by atoms with Crippen molar-refractivity contribution < 1.29 is 23.8 Å². The van der Waals surface area contributed by atoms with Crippen LogP contribution in [0.15, 0.2) is 30.3 Å². The second-order valence-corrected chi connectivity index (χ2v) is 7.42. The Labute approximate surface area is 155 Å². The Kier molecular flexibility index (Phi) is 7.30. The molecule has 2 rings (SSSR count). The summed E-state index contributed by atoms with van der Waals surface area (Å²) in [5, 5.41) is 0. The van der Waals surface area contributed by atoms with Crippen LogP contribution in [0.2, 0.25) is 0 Å². The first kappa shape index (κ1) is 20.1. The molecule has 6 heteroatoms. The van der Waals surface area contributed by atoms with Crippen LogP contribution in [0.3, 0.4) is 0 Å². The molecule has 1 fully saturated rings. The maximum Gasteiger partial charge on any atom is 0.410 e. The molecule has 0 bridgehead atoms. The molecule has 144 valence electrons. The van der Waals surface area contributed by atoms with Crippen molar-refractivity contribution in [2.75, 3.05) is 19.7 Å². The van der Waals surface area contributed by atoms with Gasteiger partial charge in [-0.3, -0.25) is 4.79 Å².